The van der Waals surface area contributed by atoms with Crippen molar-refractivity contribution in [3.63, 3.8) is 0 Å². The quantitative estimate of drug-likeness (QED) is 0.824. The van der Waals surface area contributed by atoms with Gasteiger partial charge in [-0.2, -0.15) is 0 Å². The van der Waals surface area contributed by atoms with Crippen molar-refractivity contribution in [3.05, 3.63) is 34.7 Å². The van der Waals surface area contributed by atoms with E-state index in [1.807, 2.05) is 11.0 Å². The second kappa shape index (κ2) is 6.03. The molecule has 1 aliphatic carbocycles. The number of fused-ring (bicyclic) bond motifs is 1. The summed E-state index contributed by atoms with van der Waals surface area (Å²) in [5.41, 5.74) is 0.533. The van der Waals surface area contributed by atoms with Crippen molar-refractivity contribution >= 4 is 5.91 Å². The molecule has 5 heteroatoms. The molecule has 2 heterocycles. The summed E-state index contributed by atoms with van der Waals surface area (Å²) in [4.78, 5) is 28.7. The van der Waals surface area contributed by atoms with Crippen LogP contribution in [0.15, 0.2) is 29.2 Å². The summed E-state index contributed by atoms with van der Waals surface area (Å²) in [5.74, 6) is 0.755. The predicted molar refractivity (Wildman–Crippen MR) is 94.8 cm³/mol. The number of likely N-dealkylation sites (tertiary alicyclic amines) is 1. The molecule has 0 bridgehead atoms. The van der Waals surface area contributed by atoms with Gasteiger partial charge >= 0.3 is 0 Å². The van der Waals surface area contributed by atoms with Crippen molar-refractivity contribution in [1.29, 1.82) is 0 Å². The number of hydrogen-bond acceptors (Lipinski definition) is 3. The van der Waals surface area contributed by atoms with E-state index in [0.29, 0.717) is 24.3 Å². The largest absolute Gasteiger partial charge is 0.342 e. The van der Waals surface area contributed by atoms with E-state index in [1.54, 1.807) is 16.8 Å². The number of amides is 1. The number of aryl methyl sites for hydroxylation is 1. The lowest BCUT2D eigenvalue weighted by molar-refractivity contribution is -0.130. The van der Waals surface area contributed by atoms with E-state index in [1.165, 1.54) is 12.5 Å². The number of aromatic nitrogens is 1. The third-order valence-corrected chi connectivity index (χ3v) is 5.85. The van der Waals surface area contributed by atoms with Crippen LogP contribution in [0.4, 0.5) is 0 Å². The Hall–Kier alpha value is -1.62. The Balaban J connectivity index is 1.65. The maximum Gasteiger partial charge on any atom is 0.250 e. The van der Waals surface area contributed by atoms with Crippen molar-refractivity contribution < 1.29 is 4.79 Å². The second-order valence-electron chi connectivity index (χ2n) is 8.57. The first kappa shape index (κ1) is 17.2. The summed E-state index contributed by atoms with van der Waals surface area (Å²) in [6.07, 6.45) is 3.33. The van der Waals surface area contributed by atoms with Gasteiger partial charge in [0.25, 0.3) is 5.56 Å². The van der Waals surface area contributed by atoms with Gasteiger partial charge in [-0.25, -0.2) is 0 Å². The van der Waals surface area contributed by atoms with Crippen LogP contribution < -0.4 is 5.56 Å². The highest BCUT2D eigenvalue weighted by molar-refractivity contribution is 5.76. The molecule has 0 N–H and O–H groups in total. The summed E-state index contributed by atoms with van der Waals surface area (Å²) in [6.45, 7) is 7.88. The summed E-state index contributed by atoms with van der Waals surface area (Å²) in [7, 11) is 4.23. The molecule has 24 heavy (non-hydrogen) atoms. The van der Waals surface area contributed by atoms with E-state index in [9.17, 15) is 9.59 Å². The van der Waals surface area contributed by atoms with Crippen LogP contribution >= 0.6 is 0 Å². The maximum atomic E-state index is 12.7. The molecule has 0 radical (unpaired) electrons. The fourth-order valence-corrected chi connectivity index (χ4v) is 5.18. The number of hydrogen-bond donors (Lipinski definition) is 0. The molecule has 1 aromatic heterocycles. The minimum Gasteiger partial charge on any atom is -0.342 e. The fourth-order valence-electron chi connectivity index (χ4n) is 5.18. The zero-order chi connectivity index (χ0) is 17.5. The van der Waals surface area contributed by atoms with Crippen LogP contribution in [0, 0.1) is 16.7 Å². The van der Waals surface area contributed by atoms with Crippen molar-refractivity contribution in [1.82, 2.24) is 14.4 Å². The van der Waals surface area contributed by atoms with Gasteiger partial charge in [0.2, 0.25) is 5.91 Å². The van der Waals surface area contributed by atoms with Crippen molar-refractivity contribution in [3.8, 4) is 0 Å². The number of carbonyl (C=O) groups is 1. The summed E-state index contributed by atoms with van der Waals surface area (Å²) < 4.78 is 1.61. The van der Waals surface area contributed by atoms with E-state index in [0.717, 1.165) is 19.6 Å². The molecule has 2 fully saturated rings. The van der Waals surface area contributed by atoms with E-state index < -0.39 is 0 Å². The molecule has 1 aromatic rings. The highest BCUT2D eigenvalue weighted by Crippen LogP contribution is 2.62. The van der Waals surface area contributed by atoms with E-state index in [4.69, 9.17) is 0 Å². The van der Waals surface area contributed by atoms with Gasteiger partial charge in [0.15, 0.2) is 0 Å². The van der Waals surface area contributed by atoms with Gasteiger partial charge in [0.1, 0.15) is 0 Å². The van der Waals surface area contributed by atoms with E-state index >= 15 is 0 Å². The van der Waals surface area contributed by atoms with Crippen LogP contribution in [0.25, 0.3) is 0 Å². The van der Waals surface area contributed by atoms with Crippen LogP contribution in [-0.4, -0.2) is 54.0 Å². The topological polar surface area (TPSA) is 45.5 Å². The van der Waals surface area contributed by atoms with Gasteiger partial charge in [-0.05, 0) is 37.9 Å². The Kier molecular flexibility index (Phi) is 4.32. The van der Waals surface area contributed by atoms with Crippen LogP contribution in [0.1, 0.15) is 26.7 Å². The molecule has 1 amide bonds. The van der Waals surface area contributed by atoms with Crippen molar-refractivity contribution in [2.24, 2.45) is 16.7 Å². The summed E-state index contributed by atoms with van der Waals surface area (Å²) in [5, 5.41) is 0. The van der Waals surface area contributed by atoms with Crippen LogP contribution in [-0.2, 0) is 11.3 Å². The van der Waals surface area contributed by atoms with Crippen LogP contribution in [0.5, 0.6) is 0 Å². The minimum atomic E-state index is -0.0444. The zero-order valence-corrected chi connectivity index (χ0v) is 15.3. The van der Waals surface area contributed by atoms with Crippen LogP contribution in [0.2, 0.25) is 0 Å². The first-order valence-electron chi connectivity index (χ1n) is 8.82. The molecular formula is C19H29N3O2. The Morgan fingerprint density at radius 1 is 1.33 bits per heavy atom. The average Bonchev–Trinajstić information content (AvgIpc) is 2.80. The Morgan fingerprint density at radius 3 is 2.71 bits per heavy atom. The number of pyridine rings is 1. The maximum absolute atomic E-state index is 12.7. The van der Waals surface area contributed by atoms with Crippen LogP contribution in [0.3, 0.4) is 0 Å². The Labute approximate surface area is 144 Å². The Bertz CT molecular complexity index is 675. The average molecular weight is 331 g/mol. The third-order valence-electron chi connectivity index (χ3n) is 5.85. The minimum absolute atomic E-state index is 0.0444. The molecule has 2 aliphatic rings. The molecule has 1 saturated carbocycles. The molecule has 0 aromatic carbocycles. The SMILES string of the molecule is CN(C)C[C@@]12CN(C(=O)CCn3ccccc3=O)C[C@@H]1C(C)(C)C2. The smallest absolute Gasteiger partial charge is 0.250 e. The highest BCUT2D eigenvalue weighted by Gasteiger charge is 2.63. The molecule has 5 nitrogen and oxygen atoms in total. The van der Waals surface area contributed by atoms with Gasteiger partial charge in [-0.3, -0.25) is 9.59 Å². The lowest BCUT2D eigenvalue weighted by Gasteiger charge is -2.57. The molecule has 1 saturated heterocycles. The second-order valence-corrected chi connectivity index (χ2v) is 8.57. The fraction of sp³-hybridized carbons (Fsp3) is 0.684. The lowest BCUT2D eigenvalue weighted by atomic mass is 9.48. The Morgan fingerprint density at radius 2 is 2.08 bits per heavy atom. The third kappa shape index (κ3) is 3.02. The molecule has 132 valence electrons. The van der Waals surface area contributed by atoms with Gasteiger partial charge in [-0.1, -0.05) is 19.9 Å². The number of carbonyl (C=O) groups excluding carboxylic acids is 1. The lowest BCUT2D eigenvalue weighted by Crippen LogP contribution is -2.57. The predicted octanol–water partition coefficient (Wildman–Crippen LogP) is 1.67. The summed E-state index contributed by atoms with van der Waals surface area (Å²) >= 11 is 0. The summed E-state index contributed by atoms with van der Waals surface area (Å²) in [6, 6.07) is 5.09. The number of nitrogens with zero attached hydrogens (tertiary/aromatic N) is 3. The highest BCUT2D eigenvalue weighted by atomic mass is 16.2. The number of rotatable bonds is 5. The van der Waals surface area contributed by atoms with Gasteiger partial charge in [0, 0.05) is 50.3 Å². The molecule has 3 rings (SSSR count). The van der Waals surface area contributed by atoms with Gasteiger partial charge < -0.3 is 14.4 Å². The van der Waals surface area contributed by atoms with Crippen molar-refractivity contribution in [2.45, 2.75) is 33.2 Å². The first-order valence-corrected chi connectivity index (χ1v) is 8.82. The normalized spacial score (nSPS) is 27.9. The van der Waals surface area contributed by atoms with E-state index in [2.05, 4.69) is 32.8 Å². The molecule has 2 atom stereocenters. The van der Waals surface area contributed by atoms with E-state index in [-0.39, 0.29) is 16.9 Å². The molecule has 0 unspecified atom stereocenters. The molecule has 1 aliphatic heterocycles. The molecular weight excluding hydrogens is 302 g/mol. The monoisotopic (exact) mass is 331 g/mol. The van der Waals surface area contributed by atoms with Crippen molar-refractivity contribution in [2.75, 3.05) is 33.7 Å². The first-order chi connectivity index (χ1) is 11.2. The zero-order valence-electron chi connectivity index (χ0n) is 15.3. The van der Waals surface area contributed by atoms with Gasteiger partial charge in [0.05, 0.1) is 0 Å². The van der Waals surface area contributed by atoms with Gasteiger partial charge in [-0.15, -0.1) is 0 Å². The molecule has 0 spiro atoms. The standard InChI is InChI=1S/C19H29N3O2/c1-18(2)12-19(13-20(3)4)14-22(11-15(18)19)17(24)8-10-21-9-6-5-7-16(21)23/h5-7,9,15H,8,10-14H2,1-4H3/t15-,19+/m1/s1.